The van der Waals surface area contributed by atoms with Crippen molar-refractivity contribution in [2.75, 3.05) is 25.0 Å². The molecule has 0 bridgehead atoms. The lowest BCUT2D eigenvalue weighted by Gasteiger charge is -2.38. The highest BCUT2D eigenvalue weighted by Crippen LogP contribution is 2.36. The van der Waals surface area contributed by atoms with E-state index >= 15 is 0 Å². The molecule has 1 aliphatic heterocycles. The highest BCUT2D eigenvalue weighted by atomic mass is 35.5. The van der Waals surface area contributed by atoms with E-state index in [0.29, 0.717) is 18.0 Å². The maximum absolute atomic E-state index is 13.6. The molecule has 39 heavy (non-hydrogen) atoms. The number of aromatic nitrogens is 2. The van der Waals surface area contributed by atoms with Crippen molar-refractivity contribution in [2.45, 2.75) is 32.6 Å². The van der Waals surface area contributed by atoms with Gasteiger partial charge in [-0.25, -0.2) is 0 Å². The second-order valence-corrected chi connectivity index (χ2v) is 9.13. The number of halogens is 4. The zero-order valence-corrected chi connectivity index (χ0v) is 21.7. The molecule has 1 aliphatic rings. The van der Waals surface area contributed by atoms with Crippen LogP contribution >= 0.6 is 11.6 Å². The summed E-state index contributed by atoms with van der Waals surface area (Å²) in [6.07, 6.45) is -5.86. The normalized spacial score (nSPS) is 15.3. The predicted molar refractivity (Wildman–Crippen MR) is 135 cm³/mol. The molecule has 0 saturated heterocycles. The summed E-state index contributed by atoms with van der Waals surface area (Å²) in [6.45, 7) is 1.91. The Morgan fingerprint density at radius 1 is 1.18 bits per heavy atom. The van der Waals surface area contributed by atoms with Gasteiger partial charge in [-0.05, 0) is 36.2 Å². The smallest absolute Gasteiger partial charge is 0.425 e. The van der Waals surface area contributed by atoms with Gasteiger partial charge in [0.05, 0.1) is 6.54 Å². The molecule has 10 nitrogen and oxygen atoms in total. The maximum Gasteiger partial charge on any atom is 0.573 e. The van der Waals surface area contributed by atoms with Crippen LogP contribution in [-0.4, -0.2) is 64.2 Å². The minimum Gasteiger partial charge on any atom is -0.425 e. The van der Waals surface area contributed by atoms with E-state index in [1.807, 2.05) is 0 Å². The molecular weight excluding hydrogens is 543 g/mol. The first-order valence-corrected chi connectivity index (χ1v) is 12.2. The number of alkyl halides is 3. The van der Waals surface area contributed by atoms with Gasteiger partial charge < -0.3 is 24.8 Å². The number of nitrogens with zero attached hydrogens (tertiary/aromatic N) is 4. The molecule has 3 aromatic rings. The van der Waals surface area contributed by atoms with E-state index in [1.165, 1.54) is 40.5 Å². The minimum absolute atomic E-state index is 0.0146. The number of rotatable bonds is 9. The summed E-state index contributed by atoms with van der Waals surface area (Å²) in [5.74, 6) is -1.14. The predicted octanol–water partition coefficient (Wildman–Crippen LogP) is 3.97. The molecule has 2 aromatic carbocycles. The SMILES string of the molecule is CC(=O)NCCCN1C(=O)c2c(nc(Oc3cccc(OC(F)(F)F)c3)n2Cc2ccc(Cl)cc2)N(C)C1O. The fourth-order valence-electron chi connectivity index (χ4n) is 4.00. The Balaban J connectivity index is 1.70. The molecular formula is C25H25ClF3N5O5. The first-order valence-electron chi connectivity index (χ1n) is 11.8. The second-order valence-electron chi connectivity index (χ2n) is 8.70. The average Bonchev–Trinajstić information content (AvgIpc) is 3.20. The number of anilines is 1. The van der Waals surface area contributed by atoms with Crippen molar-refractivity contribution < 1.29 is 37.3 Å². The van der Waals surface area contributed by atoms with Crippen molar-refractivity contribution >= 4 is 29.2 Å². The molecule has 2 heterocycles. The summed E-state index contributed by atoms with van der Waals surface area (Å²) < 4.78 is 49.5. The van der Waals surface area contributed by atoms with Gasteiger partial charge in [-0.1, -0.05) is 29.8 Å². The number of imidazole rings is 1. The zero-order valence-electron chi connectivity index (χ0n) is 20.9. The monoisotopic (exact) mass is 567 g/mol. The number of benzene rings is 2. The largest absolute Gasteiger partial charge is 0.573 e. The van der Waals surface area contributed by atoms with Crippen LogP contribution < -0.4 is 19.7 Å². The number of hydrogen-bond acceptors (Lipinski definition) is 7. The Bertz CT molecular complexity index is 1350. The van der Waals surface area contributed by atoms with Crippen molar-refractivity contribution in [3.63, 3.8) is 0 Å². The number of aliphatic hydroxyl groups is 1. The number of carbonyl (C=O) groups excluding carboxylic acids is 2. The summed E-state index contributed by atoms with van der Waals surface area (Å²) in [6, 6.07) is 11.6. The average molecular weight is 568 g/mol. The Hall–Kier alpha value is -3.97. The standard InChI is InChI=1S/C25H25ClF3N5O5/c1-15(35)30-11-4-12-33-22(36)20-21(32(2)24(33)37)31-23(34(20)14-16-7-9-17(26)10-8-16)38-18-5-3-6-19(13-18)39-25(27,28)29/h3,5-10,13,24,37H,4,11-12,14H2,1-2H3,(H,30,35). The number of aliphatic hydroxyl groups excluding tert-OH is 1. The third kappa shape index (κ3) is 6.73. The lowest BCUT2D eigenvalue weighted by molar-refractivity contribution is -0.274. The molecule has 2 N–H and O–H groups in total. The topological polar surface area (TPSA) is 109 Å². The van der Waals surface area contributed by atoms with Gasteiger partial charge in [0.2, 0.25) is 12.3 Å². The van der Waals surface area contributed by atoms with E-state index in [1.54, 1.807) is 24.3 Å². The van der Waals surface area contributed by atoms with Crippen molar-refractivity contribution in [1.82, 2.24) is 19.8 Å². The van der Waals surface area contributed by atoms with E-state index in [2.05, 4.69) is 15.0 Å². The van der Waals surface area contributed by atoms with E-state index in [4.69, 9.17) is 16.3 Å². The minimum atomic E-state index is -4.89. The van der Waals surface area contributed by atoms with Gasteiger partial charge in [0.1, 0.15) is 11.5 Å². The Labute approximate surface area is 226 Å². The summed E-state index contributed by atoms with van der Waals surface area (Å²) >= 11 is 6.01. The van der Waals surface area contributed by atoms with Crippen molar-refractivity contribution in [1.29, 1.82) is 0 Å². The summed E-state index contributed by atoms with van der Waals surface area (Å²) in [4.78, 5) is 31.8. The zero-order chi connectivity index (χ0) is 28.3. The first kappa shape index (κ1) is 28.0. The summed E-state index contributed by atoms with van der Waals surface area (Å²) in [7, 11) is 1.54. The molecule has 14 heteroatoms. The third-order valence-corrected chi connectivity index (χ3v) is 6.04. The van der Waals surface area contributed by atoms with Crippen LogP contribution in [0.2, 0.25) is 5.02 Å². The molecule has 208 valence electrons. The summed E-state index contributed by atoms with van der Waals surface area (Å²) in [5.41, 5.74) is 0.840. The fourth-order valence-corrected chi connectivity index (χ4v) is 4.13. The van der Waals surface area contributed by atoms with E-state index in [-0.39, 0.29) is 42.3 Å². The lowest BCUT2D eigenvalue weighted by atomic mass is 10.2. The molecule has 0 radical (unpaired) electrons. The lowest BCUT2D eigenvalue weighted by Crippen LogP contribution is -2.55. The van der Waals surface area contributed by atoms with Gasteiger partial charge in [-0.2, -0.15) is 4.98 Å². The molecule has 0 saturated carbocycles. The van der Waals surface area contributed by atoms with Gasteiger partial charge in [-0.3, -0.25) is 19.1 Å². The molecule has 1 aromatic heterocycles. The van der Waals surface area contributed by atoms with Crippen molar-refractivity contribution in [2.24, 2.45) is 0 Å². The van der Waals surface area contributed by atoms with E-state index in [0.717, 1.165) is 17.7 Å². The Kier molecular flexibility index (Phi) is 8.21. The van der Waals surface area contributed by atoms with Gasteiger partial charge >= 0.3 is 12.4 Å². The molecule has 2 amide bonds. The number of ether oxygens (including phenoxy) is 2. The summed E-state index contributed by atoms with van der Waals surface area (Å²) in [5, 5.41) is 14.0. The molecule has 4 rings (SSSR count). The molecule has 1 atom stereocenters. The van der Waals surface area contributed by atoms with Crippen LogP contribution in [0.15, 0.2) is 48.5 Å². The maximum atomic E-state index is 13.6. The van der Waals surface area contributed by atoms with Gasteiger partial charge in [0.15, 0.2) is 11.5 Å². The number of nitrogens with one attached hydrogen (secondary N) is 1. The number of fused-ring (bicyclic) bond motifs is 1. The fraction of sp³-hybridized carbons (Fsp3) is 0.320. The highest BCUT2D eigenvalue weighted by Gasteiger charge is 2.40. The van der Waals surface area contributed by atoms with E-state index in [9.17, 15) is 27.9 Å². The van der Waals surface area contributed by atoms with Gasteiger partial charge in [0, 0.05) is 38.1 Å². The van der Waals surface area contributed by atoms with Crippen molar-refractivity contribution in [3.8, 4) is 17.5 Å². The van der Waals surface area contributed by atoms with E-state index < -0.39 is 24.4 Å². The Morgan fingerprint density at radius 3 is 2.54 bits per heavy atom. The van der Waals surface area contributed by atoms with Crippen LogP contribution in [0.4, 0.5) is 19.0 Å². The second kappa shape index (κ2) is 11.4. The van der Waals surface area contributed by atoms with Gasteiger partial charge in [-0.15, -0.1) is 13.2 Å². The van der Waals surface area contributed by atoms with Crippen LogP contribution in [0.25, 0.3) is 0 Å². The van der Waals surface area contributed by atoms with Crippen LogP contribution in [0.5, 0.6) is 17.5 Å². The van der Waals surface area contributed by atoms with Crippen LogP contribution in [0.1, 0.15) is 29.4 Å². The number of carbonyl (C=O) groups is 2. The molecule has 0 aliphatic carbocycles. The molecule has 0 fully saturated rings. The number of amides is 2. The van der Waals surface area contributed by atoms with Crippen LogP contribution in [0.3, 0.4) is 0 Å². The number of hydrogen-bond donors (Lipinski definition) is 2. The van der Waals surface area contributed by atoms with Crippen LogP contribution in [-0.2, 0) is 11.3 Å². The van der Waals surface area contributed by atoms with Crippen molar-refractivity contribution in [3.05, 3.63) is 64.8 Å². The van der Waals surface area contributed by atoms with Gasteiger partial charge in [0.25, 0.3) is 5.91 Å². The third-order valence-electron chi connectivity index (χ3n) is 5.79. The molecule has 1 unspecified atom stereocenters. The van der Waals surface area contributed by atoms with Crippen LogP contribution in [0, 0.1) is 0 Å². The Morgan fingerprint density at radius 2 is 1.87 bits per heavy atom. The molecule has 0 spiro atoms. The first-order chi connectivity index (χ1) is 18.4. The quantitative estimate of drug-likeness (QED) is 0.377. The highest BCUT2D eigenvalue weighted by molar-refractivity contribution is 6.30.